The lowest BCUT2D eigenvalue weighted by atomic mass is 9.67. The lowest BCUT2D eigenvalue weighted by Gasteiger charge is -2.37. The van der Waals surface area contributed by atoms with Crippen molar-refractivity contribution in [2.75, 3.05) is 5.32 Å². The summed E-state index contributed by atoms with van der Waals surface area (Å²) in [7, 11) is 0. The molecule has 0 saturated heterocycles. The van der Waals surface area contributed by atoms with E-state index in [2.05, 4.69) is 37.2 Å². The molecule has 3 nitrogen and oxygen atoms in total. The van der Waals surface area contributed by atoms with Crippen LogP contribution in [0.1, 0.15) is 32.1 Å². The van der Waals surface area contributed by atoms with Crippen LogP contribution in [0.4, 0.5) is 5.69 Å². The van der Waals surface area contributed by atoms with Gasteiger partial charge in [0.15, 0.2) is 0 Å². The summed E-state index contributed by atoms with van der Waals surface area (Å²) in [6.45, 7) is 0. The van der Waals surface area contributed by atoms with Crippen LogP contribution in [0, 0.1) is 17.8 Å². The molecule has 1 aromatic carbocycles. The molecule has 1 N–H and O–H groups in total. The lowest BCUT2D eigenvalue weighted by Crippen LogP contribution is -2.40. The van der Waals surface area contributed by atoms with Gasteiger partial charge in [-0.15, -0.1) is 0 Å². The monoisotopic (exact) mass is 413 g/mol. The Bertz CT molecular complexity index is 572. The van der Waals surface area contributed by atoms with E-state index in [-0.39, 0.29) is 23.7 Å². The van der Waals surface area contributed by atoms with E-state index in [9.17, 15) is 9.59 Å². The fourth-order valence-electron chi connectivity index (χ4n) is 3.52. The molecule has 2 bridgehead atoms. The molecule has 2 atom stereocenters. The van der Waals surface area contributed by atoms with Crippen molar-refractivity contribution < 1.29 is 9.59 Å². The number of halogens is 2. The lowest BCUT2D eigenvalue weighted by molar-refractivity contribution is -0.136. The van der Waals surface area contributed by atoms with E-state index in [0.29, 0.717) is 5.78 Å². The van der Waals surface area contributed by atoms with E-state index in [1.807, 2.05) is 18.2 Å². The van der Waals surface area contributed by atoms with Gasteiger partial charge in [-0.05, 0) is 59.8 Å². The fourth-order valence-corrected chi connectivity index (χ4v) is 4.67. The van der Waals surface area contributed by atoms with Crippen molar-refractivity contribution in [2.45, 2.75) is 32.1 Å². The molecule has 2 aliphatic rings. The fraction of sp³-hybridized carbons (Fsp3) is 0.500. The average molecular weight is 415 g/mol. The van der Waals surface area contributed by atoms with Crippen LogP contribution in [-0.2, 0) is 9.59 Å². The second-order valence-corrected chi connectivity index (χ2v) is 7.78. The minimum atomic E-state index is -0.0338. The number of hydrogen-bond acceptors (Lipinski definition) is 2. The van der Waals surface area contributed by atoms with Gasteiger partial charge in [0.05, 0.1) is 5.69 Å². The van der Waals surface area contributed by atoms with Crippen LogP contribution in [-0.4, -0.2) is 11.7 Å². The van der Waals surface area contributed by atoms with Gasteiger partial charge in [0.25, 0.3) is 0 Å². The quantitative estimate of drug-likeness (QED) is 0.771. The molecule has 2 unspecified atom stereocenters. The van der Waals surface area contributed by atoms with Crippen molar-refractivity contribution in [2.24, 2.45) is 17.8 Å². The predicted octanol–water partition coefficient (Wildman–Crippen LogP) is 4.55. The summed E-state index contributed by atoms with van der Waals surface area (Å²) in [6.07, 6.45) is 4.49. The molecule has 0 spiro atoms. The van der Waals surface area contributed by atoms with Gasteiger partial charge in [-0.1, -0.05) is 22.4 Å². The third-order valence-corrected chi connectivity index (χ3v) is 5.76. The van der Waals surface area contributed by atoms with Crippen molar-refractivity contribution in [3.05, 3.63) is 27.1 Å². The number of hydrogen-bond donors (Lipinski definition) is 1. The van der Waals surface area contributed by atoms with Crippen molar-refractivity contribution in [3.63, 3.8) is 0 Å². The molecule has 2 fully saturated rings. The van der Waals surface area contributed by atoms with Crippen LogP contribution < -0.4 is 5.32 Å². The molecule has 5 heteroatoms. The number of anilines is 1. The molecule has 0 heterocycles. The molecule has 1 amide bonds. The molecule has 3 rings (SSSR count). The molecular weight excluding hydrogens is 398 g/mol. The Morgan fingerprint density at radius 3 is 2.43 bits per heavy atom. The van der Waals surface area contributed by atoms with Crippen molar-refractivity contribution >= 4 is 49.2 Å². The number of carbonyl (C=O) groups is 2. The molecule has 2 saturated carbocycles. The van der Waals surface area contributed by atoms with Gasteiger partial charge >= 0.3 is 0 Å². The summed E-state index contributed by atoms with van der Waals surface area (Å²) in [6, 6.07) is 5.69. The Morgan fingerprint density at radius 2 is 1.81 bits per heavy atom. The maximum Gasteiger partial charge on any atom is 0.227 e. The van der Waals surface area contributed by atoms with Gasteiger partial charge in [0, 0.05) is 26.7 Å². The number of amides is 1. The normalized spacial score (nSPS) is 28.3. The van der Waals surface area contributed by atoms with E-state index < -0.39 is 0 Å². The van der Waals surface area contributed by atoms with Gasteiger partial charge in [-0.2, -0.15) is 0 Å². The molecule has 0 aliphatic heterocycles. The highest BCUT2D eigenvalue weighted by Crippen LogP contribution is 2.40. The number of benzene rings is 1. The number of nitrogens with one attached hydrogen (secondary N) is 1. The van der Waals surface area contributed by atoms with E-state index in [1.165, 1.54) is 0 Å². The van der Waals surface area contributed by atoms with Crippen LogP contribution in [0.2, 0.25) is 0 Å². The van der Waals surface area contributed by atoms with E-state index >= 15 is 0 Å². The third-order valence-electron chi connectivity index (χ3n) is 4.61. The summed E-state index contributed by atoms with van der Waals surface area (Å²) in [4.78, 5) is 24.6. The van der Waals surface area contributed by atoms with Crippen LogP contribution in [0.5, 0.6) is 0 Å². The molecule has 2 aliphatic carbocycles. The van der Waals surface area contributed by atoms with E-state index in [4.69, 9.17) is 0 Å². The highest BCUT2D eigenvalue weighted by Gasteiger charge is 2.41. The van der Waals surface area contributed by atoms with Crippen LogP contribution >= 0.6 is 31.9 Å². The topological polar surface area (TPSA) is 46.2 Å². The molecular formula is C16H17Br2NO2. The van der Waals surface area contributed by atoms with E-state index in [1.54, 1.807) is 0 Å². The first kappa shape index (κ1) is 15.2. The maximum absolute atomic E-state index is 12.5. The summed E-state index contributed by atoms with van der Waals surface area (Å²) in [5.74, 6) is 0.634. The van der Waals surface area contributed by atoms with Gasteiger partial charge in [-0.25, -0.2) is 0 Å². The highest BCUT2D eigenvalue weighted by atomic mass is 79.9. The Morgan fingerprint density at radius 1 is 1.14 bits per heavy atom. The Hall–Kier alpha value is -0.680. The highest BCUT2D eigenvalue weighted by molar-refractivity contribution is 9.11. The summed E-state index contributed by atoms with van der Waals surface area (Å²) in [5.41, 5.74) is 0.783. The number of Topliss-reactive ketones (excluding diaryl/α,β-unsaturated/α-hetero) is 1. The zero-order valence-corrected chi connectivity index (χ0v) is 14.7. The van der Waals surface area contributed by atoms with Gasteiger partial charge in [0.2, 0.25) is 5.91 Å². The van der Waals surface area contributed by atoms with Crippen LogP contribution in [0.3, 0.4) is 0 Å². The Labute approximate surface area is 141 Å². The maximum atomic E-state index is 12.5. The first-order valence-corrected chi connectivity index (χ1v) is 8.93. The first-order chi connectivity index (χ1) is 10.0. The molecule has 0 aromatic heterocycles. The zero-order valence-electron chi connectivity index (χ0n) is 11.6. The van der Waals surface area contributed by atoms with Crippen molar-refractivity contribution in [1.82, 2.24) is 0 Å². The van der Waals surface area contributed by atoms with E-state index in [0.717, 1.165) is 46.7 Å². The van der Waals surface area contributed by atoms with Crippen LogP contribution in [0.15, 0.2) is 27.1 Å². The SMILES string of the molecule is O=C(Nc1ccc(Br)cc1Br)C1CC2CCCC(C1)C2=O. The number of ketones is 1. The molecule has 1 aromatic rings. The summed E-state index contributed by atoms with van der Waals surface area (Å²) >= 11 is 6.86. The summed E-state index contributed by atoms with van der Waals surface area (Å²) in [5, 5.41) is 2.99. The Kier molecular flexibility index (Phi) is 4.50. The number of fused-ring (bicyclic) bond motifs is 2. The first-order valence-electron chi connectivity index (χ1n) is 7.34. The van der Waals surface area contributed by atoms with Crippen LogP contribution in [0.25, 0.3) is 0 Å². The molecule has 0 radical (unpaired) electrons. The average Bonchev–Trinajstić information content (AvgIpc) is 2.41. The molecule has 21 heavy (non-hydrogen) atoms. The number of carbonyl (C=O) groups excluding carboxylic acids is 2. The summed E-state index contributed by atoms with van der Waals surface area (Å²) < 4.78 is 1.82. The Balaban J connectivity index is 1.70. The van der Waals surface area contributed by atoms with Gasteiger partial charge < -0.3 is 5.32 Å². The predicted molar refractivity (Wildman–Crippen MR) is 89.0 cm³/mol. The minimum absolute atomic E-state index is 0.0338. The zero-order chi connectivity index (χ0) is 15.0. The largest absolute Gasteiger partial charge is 0.325 e. The third kappa shape index (κ3) is 3.24. The van der Waals surface area contributed by atoms with Crippen molar-refractivity contribution in [1.29, 1.82) is 0 Å². The number of rotatable bonds is 2. The standard InChI is InChI=1S/C16H17Br2NO2/c17-12-4-5-14(13(18)8-12)19-16(21)11-6-9-2-1-3-10(7-11)15(9)20/h4-5,8-11H,1-3,6-7H2,(H,19,21). The second-order valence-electron chi connectivity index (χ2n) is 6.01. The minimum Gasteiger partial charge on any atom is -0.325 e. The van der Waals surface area contributed by atoms with Crippen molar-refractivity contribution in [3.8, 4) is 0 Å². The smallest absolute Gasteiger partial charge is 0.227 e. The molecule has 112 valence electrons. The second kappa shape index (κ2) is 6.21. The van der Waals surface area contributed by atoms with Gasteiger partial charge in [0.1, 0.15) is 5.78 Å². The van der Waals surface area contributed by atoms with Gasteiger partial charge in [-0.3, -0.25) is 9.59 Å².